The van der Waals surface area contributed by atoms with Gasteiger partial charge >= 0.3 is 0 Å². The van der Waals surface area contributed by atoms with Gasteiger partial charge in [0.25, 0.3) is 0 Å². The summed E-state index contributed by atoms with van der Waals surface area (Å²) < 4.78 is 0. The number of nitrogens with two attached hydrogens (primary N) is 1. The van der Waals surface area contributed by atoms with Gasteiger partial charge in [-0.05, 0) is 12.8 Å². The fraction of sp³-hybridized carbons (Fsp3) is 0.636. The number of hydrogen-bond acceptors (Lipinski definition) is 2. The summed E-state index contributed by atoms with van der Waals surface area (Å²) in [6.45, 7) is 3.97. The number of carbonyl (C=O) groups excluding carboxylic acids is 2. The van der Waals surface area contributed by atoms with E-state index in [9.17, 15) is 9.59 Å². The van der Waals surface area contributed by atoms with Crippen LogP contribution in [0.2, 0.25) is 0 Å². The summed E-state index contributed by atoms with van der Waals surface area (Å²) in [6.07, 6.45) is 5.10. The van der Waals surface area contributed by atoms with Crippen LogP contribution in [0.25, 0.3) is 0 Å². The second kappa shape index (κ2) is 5.53. The van der Waals surface area contributed by atoms with Crippen molar-refractivity contribution in [1.29, 1.82) is 0 Å². The molecule has 2 atom stereocenters. The third kappa shape index (κ3) is 3.08. The molecule has 15 heavy (non-hydrogen) atoms. The molecular formula is C11H18N2O2. The second-order valence-corrected chi connectivity index (χ2v) is 3.93. The Bertz CT molecular complexity index is 263. The lowest BCUT2D eigenvalue weighted by molar-refractivity contribution is -0.134. The second-order valence-electron chi connectivity index (χ2n) is 3.93. The van der Waals surface area contributed by atoms with Crippen LogP contribution in [0, 0.1) is 11.8 Å². The predicted octanol–water partition coefficient (Wildman–Crippen LogP) is 0.580. The lowest BCUT2D eigenvalue weighted by atomic mass is 9.78. The van der Waals surface area contributed by atoms with Gasteiger partial charge in [0.2, 0.25) is 11.8 Å². The Kier molecular flexibility index (Phi) is 4.34. The van der Waals surface area contributed by atoms with Gasteiger partial charge in [0.1, 0.15) is 0 Å². The monoisotopic (exact) mass is 210 g/mol. The number of hydrogen-bond donors (Lipinski definition) is 2. The Morgan fingerprint density at radius 1 is 1.33 bits per heavy atom. The van der Waals surface area contributed by atoms with Crippen molar-refractivity contribution in [1.82, 2.24) is 5.32 Å². The van der Waals surface area contributed by atoms with Crippen molar-refractivity contribution in [3.8, 4) is 0 Å². The maximum atomic E-state index is 11.7. The Morgan fingerprint density at radius 2 is 1.93 bits per heavy atom. The number of amides is 2. The zero-order valence-electron chi connectivity index (χ0n) is 8.87. The number of rotatable bonds is 4. The van der Waals surface area contributed by atoms with Crippen LogP contribution in [0.3, 0.4) is 0 Å². The highest BCUT2D eigenvalue weighted by Crippen LogP contribution is 2.29. The van der Waals surface area contributed by atoms with E-state index in [1.54, 1.807) is 6.08 Å². The minimum Gasteiger partial charge on any atom is -0.369 e. The molecule has 1 saturated carbocycles. The van der Waals surface area contributed by atoms with E-state index in [1.807, 2.05) is 0 Å². The van der Waals surface area contributed by atoms with Crippen molar-refractivity contribution in [3.05, 3.63) is 12.7 Å². The van der Waals surface area contributed by atoms with Crippen LogP contribution >= 0.6 is 0 Å². The molecule has 2 amide bonds. The van der Waals surface area contributed by atoms with Gasteiger partial charge in [0.05, 0.1) is 0 Å². The van der Waals surface area contributed by atoms with Crippen molar-refractivity contribution in [2.75, 3.05) is 6.54 Å². The Hall–Kier alpha value is -1.32. The van der Waals surface area contributed by atoms with E-state index in [1.165, 1.54) is 0 Å². The van der Waals surface area contributed by atoms with E-state index < -0.39 is 0 Å². The Morgan fingerprint density at radius 3 is 2.47 bits per heavy atom. The quantitative estimate of drug-likeness (QED) is 0.666. The molecular weight excluding hydrogens is 192 g/mol. The Labute approximate surface area is 89.9 Å². The van der Waals surface area contributed by atoms with Crippen molar-refractivity contribution < 1.29 is 9.59 Å². The molecule has 0 heterocycles. The van der Waals surface area contributed by atoms with Gasteiger partial charge in [-0.2, -0.15) is 0 Å². The SMILES string of the molecule is C=CCNC(=O)C1CCCCC1C(N)=O. The molecule has 3 N–H and O–H groups in total. The van der Waals surface area contributed by atoms with Crippen LogP contribution in [0.5, 0.6) is 0 Å². The summed E-state index contributed by atoms with van der Waals surface area (Å²) in [5, 5.41) is 2.72. The van der Waals surface area contributed by atoms with Crippen molar-refractivity contribution >= 4 is 11.8 Å². The third-order valence-corrected chi connectivity index (χ3v) is 2.89. The van der Waals surface area contributed by atoms with Crippen LogP contribution in [-0.4, -0.2) is 18.4 Å². The van der Waals surface area contributed by atoms with Crippen LogP contribution in [-0.2, 0) is 9.59 Å². The van der Waals surface area contributed by atoms with Crippen LogP contribution in [0.4, 0.5) is 0 Å². The van der Waals surface area contributed by atoms with E-state index in [4.69, 9.17) is 5.73 Å². The highest BCUT2D eigenvalue weighted by molar-refractivity contribution is 5.87. The highest BCUT2D eigenvalue weighted by Gasteiger charge is 2.33. The topological polar surface area (TPSA) is 72.2 Å². The molecule has 0 aromatic carbocycles. The van der Waals surface area contributed by atoms with Crippen molar-refractivity contribution in [2.24, 2.45) is 17.6 Å². The van der Waals surface area contributed by atoms with E-state index in [-0.39, 0.29) is 23.7 Å². The first-order valence-corrected chi connectivity index (χ1v) is 5.34. The average Bonchev–Trinajstić information content (AvgIpc) is 2.25. The molecule has 2 unspecified atom stereocenters. The lowest BCUT2D eigenvalue weighted by Crippen LogP contribution is -2.42. The fourth-order valence-electron chi connectivity index (χ4n) is 2.09. The van der Waals surface area contributed by atoms with Gasteiger partial charge in [-0.15, -0.1) is 6.58 Å². The molecule has 4 heteroatoms. The first kappa shape index (κ1) is 11.8. The van der Waals surface area contributed by atoms with E-state index in [0.29, 0.717) is 6.54 Å². The normalized spacial score (nSPS) is 25.6. The minimum absolute atomic E-state index is 0.0709. The molecule has 0 spiro atoms. The van der Waals surface area contributed by atoms with Crippen molar-refractivity contribution in [3.63, 3.8) is 0 Å². The number of carbonyl (C=O) groups is 2. The first-order chi connectivity index (χ1) is 7.16. The summed E-state index contributed by atoms with van der Waals surface area (Å²) in [4.78, 5) is 22.9. The minimum atomic E-state index is -0.353. The van der Waals surface area contributed by atoms with Gasteiger partial charge in [-0.3, -0.25) is 9.59 Å². The van der Waals surface area contributed by atoms with Gasteiger partial charge in [-0.1, -0.05) is 18.9 Å². The van der Waals surface area contributed by atoms with Crippen molar-refractivity contribution in [2.45, 2.75) is 25.7 Å². The summed E-state index contributed by atoms with van der Waals surface area (Å²) in [6, 6.07) is 0. The molecule has 0 aliphatic heterocycles. The molecule has 84 valence electrons. The van der Waals surface area contributed by atoms with Crippen LogP contribution < -0.4 is 11.1 Å². The molecule has 0 bridgehead atoms. The smallest absolute Gasteiger partial charge is 0.224 e. The molecule has 0 radical (unpaired) electrons. The summed E-state index contributed by atoms with van der Waals surface area (Å²) >= 11 is 0. The zero-order chi connectivity index (χ0) is 11.3. The standard InChI is InChI=1S/C11H18N2O2/c1-2-7-13-11(15)9-6-4-3-5-8(9)10(12)14/h2,8-9H,1,3-7H2,(H2,12,14)(H,13,15). The maximum Gasteiger partial charge on any atom is 0.224 e. The highest BCUT2D eigenvalue weighted by atomic mass is 16.2. The summed E-state index contributed by atoms with van der Waals surface area (Å²) in [5.41, 5.74) is 5.28. The van der Waals surface area contributed by atoms with Crippen LogP contribution in [0.15, 0.2) is 12.7 Å². The fourth-order valence-corrected chi connectivity index (χ4v) is 2.09. The number of primary amides is 1. The third-order valence-electron chi connectivity index (χ3n) is 2.89. The molecule has 1 rings (SSSR count). The number of nitrogens with one attached hydrogen (secondary N) is 1. The van der Waals surface area contributed by atoms with E-state index >= 15 is 0 Å². The average molecular weight is 210 g/mol. The molecule has 0 saturated heterocycles. The predicted molar refractivity (Wildman–Crippen MR) is 57.8 cm³/mol. The van der Waals surface area contributed by atoms with Gasteiger partial charge in [0, 0.05) is 18.4 Å². The van der Waals surface area contributed by atoms with Crippen LogP contribution in [0.1, 0.15) is 25.7 Å². The van der Waals surface area contributed by atoms with E-state index in [2.05, 4.69) is 11.9 Å². The van der Waals surface area contributed by atoms with Gasteiger partial charge in [-0.25, -0.2) is 0 Å². The molecule has 1 aliphatic carbocycles. The molecule has 1 fully saturated rings. The molecule has 0 aromatic rings. The molecule has 1 aliphatic rings. The summed E-state index contributed by atoms with van der Waals surface area (Å²) in [5.74, 6) is -0.952. The largest absolute Gasteiger partial charge is 0.369 e. The first-order valence-electron chi connectivity index (χ1n) is 5.34. The van der Waals surface area contributed by atoms with Gasteiger partial charge in [0.15, 0.2) is 0 Å². The van der Waals surface area contributed by atoms with Gasteiger partial charge < -0.3 is 11.1 Å². The molecule has 4 nitrogen and oxygen atoms in total. The summed E-state index contributed by atoms with van der Waals surface area (Å²) in [7, 11) is 0. The zero-order valence-corrected chi connectivity index (χ0v) is 8.87. The molecule has 0 aromatic heterocycles. The Balaban J connectivity index is 2.58. The maximum absolute atomic E-state index is 11.7. The lowest BCUT2D eigenvalue weighted by Gasteiger charge is -2.27. The van der Waals surface area contributed by atoms with E-state index in [0.717, 1.165) is 25.7 Å².